The molecular formula is C13H9ClN2O5. The second-order valence-corrected chi connectivity index (χ2v) is 4.61. The zero-order chi connectivity index (χ0) is 15.6. The van der Waals surface area contributed by atoms with Gasteiger partial charge in [0.1, 0.15) is 5.75 Å². The Morgan fingerprint density at radius 1 is 1.00 bits per heavy atom. The monoisotopic (exact) mass is 308 g/mol. The third-order valence-corrected chi connectivity index (χ3v) is 2.94. The van der Waals surface area contributed by atoms with Crippen LogP contribution in [0.25, 0.3) is 0 Å². The molecule has 0 amide bonds. The number of aryl methyl sites for hydroxylation is 1. The maximum atomic E-state index is 11.0. The number of rotatable bonds is 4. The van der Waals surface area contributed by atoms with Crippen molar-refractivity contribution in [3.8, 4) is 11.5 Å². The minimum Gasteiger partial charge on any atom is -0.450 e. The summed E-state index contributed by atoms with van der Waals surface area (Å²) in [7, 11) is 0. The van der Waals surface area contributed by atoms with Crippen molar-refractivity contribution in [2.75, 3.05) is 0 Å². The summed E-state index contributed by atoms with van der Waals surface area (Å²) in [6, 6.07) is 8.01. The van der Waals surface area contributed by atoms with E-state index in [1.807, 2.05) is 0 Å². The second-order valence-electron chi connectivity index (χ2n) is 4.18. The highest BCUT2D eigenvalue weighted by Crippen LogP contribution is 2.35. The van der Waals surface area contributed by atoms with Crippen LogP contribution in [0.4, 0.5) is 11.4 Å². The molecule has 0 bridgehead atoms. The number of nitro groups is 2. The molecule has 0 aliphatic heterocycles. The molecule has 0 aliphatic carbocycles. The molecule has 2 rings (SSSR count). The zero-order valence-corrected chi connectivity index (χ0v) is 11.5. The van der Waals surface area contributed by atoms with Crippen molar-refractivity contribution in [1.82, 2.24) is 0 Å². The van der Waals surface area contributed by atoms with Gasteiger partial charge in [-0.15, -0.1) is 0 Å². The van der Waals surface area contributed by atoms with Gasteiger partial charge in [-0.1, -0.05) is 11.6 Å². The van der Waals surface area contributed by atoms with Gasteiger partial charge in [0, 0.05) is 11.1 Å². The Hall–Kier alpha value is -2.67. The quantitative estimate of drug-likeness (QED) is 0.621. The smallest absolute Gasteiger partial charge is 0.318 e. The zero-order valence-electron chi connectivity index (χ0n) is 10.8. The molecule has 0 fully saturated rings. The molecule has 21 heavy (non-hydrogen) atoms. The molecule has 0 atom stereocenters. The Morgan fingerprint density at radius 3 is 2.24 bits per heavy atom. The highest BCUT2D eigenvalue weighted by atomic mass is 35.5. The van der Waals surface area contributed by atoms with Gasteiger partial charge in [-0.25, -0.2) is 0 Å². The van der Waals surface area contributed by atoms with Gasteiger partial charge in [-0.3, -0.25) is 20.2 Å². The van der Waals surface area contributed by atoms with E-state index in [9.17, 15) is 20.2 Å². The van der Waals surface area contributed by atoms with Crippen LogP contribution in [0.3, 0.4) is 0 Å². The lowest BCUT2D eigenvalue weighted by molar-refractivity contribution is -0.394. The molecule has 8 heteroatoms. The van der Waals surface area contributed by atoms with E-state index in [0.717, 1.165) is 12.1 Å². The second kappa shape index (κ2) is 5.76. The van der Waals surface area contributed by atoms with Crippen molar-refractivity contribution >= 4 is 23.0 Å². The number of halogens is 1. The first-order valence-electron chi connectivity index (χ1n) is 5.75. The molecule has 0 radical (unpaired) electrons. The lowest BCUT2D eigenvalue weighted by Gasteiger charge is -2.09. The number of benzene rings is 2. The number of hydrogen-bond donors (Lipinski definition) is 0. The summed E-state index contributed by atoms with van der Waals surface area (Å²) in [4.78, 5) is 20.2. The fourth-order valence-corrected chi connectivity index (χ4v) is 1.92. The highest BCUT2D eigenvalue weighted by molar-refractivity contribution is 6.30. The molecule has 2 aromatic carbocycles. The fraction of sp³-hybridized carbons (Fsp3) is 0.0769. The molecule has 7 nitrogen and oxygen atoms in total. The molecule has 0 saturated carbocycles. The van der Waals surface area contributed by atoms with Crippen molar-refractivity contribution in [1.29, 1.82) is 0 Å². The minimum atomic E-state index is -0.729. The number of nitrogens with zero attached hydrogens (tertiary/aromatic N) is 2. The topological polar surface area (TPSA) is 95.5 Å². The normalized spacial score (nSPS) is 10.2. The van der Waals surface area contributed by atoms with Gasteiger partial charge >= 0.3 is 5.69 Å². The maximum Gasteiger partial charge on any atom is 0.318 e. The van der Waals surface area contributed by atoms with Crippen LogP contribution in [0, 0.1) is 27.2 Å². The van der Waals surface area contributed by atoms with Crippen LogP contribution in [0.2, 0.25) is 5.02 Å². The van der Waals surface area contributed by atoms with E-state index in [0.29, 0.717) is 16.3 Å². The molecule has 0 aromatic heterocycles. The Morgan fingerprint density at radius 2 is 1.67 bits per heavy atom. The maximum absolute atomic E-state index is 11.0. The van der Waals surface area contributed by atoms with E-state index in [1.165, 1.54) is 6.07 Å². The fourth-order valence-electron chi connectivity index (χ4n) is 1.69. The van der Waals surface area contributed by atoms with Gasteiger partial charge in [-0.2, -0.15) is 0 Å². The number of hydrogen-bond acceptors (Lipinski definition) is 5. The molecule has 0 aliphatic rings. The summed E-state index contributed by atoms with van der Waals surface area (Å²) in [5, 5.41) is 22.2. The summed E-state index contributed by atoms with van der Waals surface area (Å²) < 4.78 is 5.47. The summed E-state index contributed by atoms with van der Waals surface area (Å²) >= 11 is 5.82. The Bertz CT molecular complexity index is 732. The van der Waals surface area contributed by atoms with Crippen molar-refractivity contribution in [2.45, 2.75) is 6.92 Å². The van der Waals surface area contributed by atoms with E-state index in [1.54, 1.807) is 25.1 Å². The molecule has 0 spiro atoms. The van der Waals surface area contributed by atoms with Gasteiger partial charge in [0.05, 0.1) is 15.9 Å². The lowest BCUT2D eigenvalue weighted by Crippen LogP contribution is -1.96. The standard InChI is InChI=1S/C13H9ClN2O5/c1-8-6-9(14)2-4-12(8)21-13-5-3-10(15(17)18)7-11(13)16(19)20/h2-7H,1H3. The van der Waals surface area contributed by atoms with Crippen LogP contribution in [0.1, 0.15) is 5.56 Å². The minimum absolute atomic E-state index is 0.0731. The average Bonchev–Trinajstić information content (AvgIpc) is 2.41. The molecular weight excluding hydrogens is 300 g/mol. The Balaban J connectivity index is 2.44. The number of non-ortho nitro benzene ring substituents is 1. The first-order chi connectivity index (χ1) is 9.88. The Labute approximate surface area is 124 Å². The van der Waals surface area contributed by atoms with E-state index in [4.69, 9.17) is 16.3 Å². The SMILES string of the molecule is Cc1cc(Cl)ccc1Oc1ccc([N+](=O)[O-])cc1[N+](=O)[O-]. The van der Waals surface area contributed by atoms with Gasteiger partial charge < -0.3 is 4.74 Å². The number of nitro benzene ring substituents is 2. The van der Waals surface area contributed by atoms with Crippen molar-refractivity contribution in [3.05, 3.63) is 67.2 Å². The van der Waals surface area contributed by atoms with Crippen LogP contribution >= 0.6 is 11.6 Å². The first-order valence-corrected chi connectivity index (χ1v) is 6.13. The molecule has 0 unspecified atom stereocenters. The van der Waals surface area contributed by atoms with Crippen LogP contribution in [0.5, 0.6) is 11.5 Å². The Kier molecular flexibility index (Phi) is 4.04. The van der Waals surface area contributed by atoms with Gasteiger partial charge in [0.25, 0.3) is 5.69 Å². The van der Waals surface area contributed by atoms with Crippen molar-refractivity contribution < 1.29 is 14.6 Å². The molecule has 0 N–H and O–H groups in total. The van der Waals surface area contributed by atoms with E-state index in [-0.39, 0.29) is 11.4 Å². The summed E-state index contributed by atoms with van der Waals surface area (Å²) in [6.45, 7) is 1.73. The van der Waals surface area contributed by atoms with Gasteiger partial charge in [0.15, 0.2) is 0 Å². The average molecular weight is 309 g/mol. The van der Waals surface area contributed by atoms with Crippen molar-refractivity contribution in [2.24, 2.45) is 0 Å². The molecule has 0 saturated heterocycles. The van der Waals surface area contributed by atoms with Crippen molar-refractivity contribution in [3.63, 3.8) is 0 Å². The largest absolute Gasteiger partial charge is 0.450 e. The summed E-state index contributed by atoms with van der Waals surface area (Å²) in [5.41, 5.74) is -0.157. The van der Waals surface area contributed by atoms with E-state index in [2.05, 4.69) is 0 Å². The summed E-state index contributed by atoms with van der Waals surface area (Å²) in [5.74, 6) is 0.312. The first kappa shape index (κ1) is 14.7. The van der Waals surface area contributed by atoms with E-state index >= 15 is 0 Å². The number of ether oxygens (including phenoxy) is 1. The van der Waals surface area contributed by atoms with Crippen LogP contribution in [-0.2, 0) is 0 Å². The third kappa shape index (κ3) is 3.26. The van der Waals surface area contributed by atoms with Gasteiger partial charge in [-0.05, 0) is 36.8 Å². The predicted molar refractivity (Wildman–Crippen MR) is 76.0 cm³/mol. The van der Waals surface area contributed by atoms with Gasteiger partial charge in [0.2, 0.25) is 5.75 Å². The van der Waals surface area contributed by atoms with Crippen LogP contribution in [0.15, 0.2) is 36.4 Å². The lowest BCUT2D eigenvalue weighted by atomic mass is 10.2. The highest BCUT2D eigenvalue weighted by Gasteiger charge is 2.21. The predicted octanol–water partition coefficient (Wildman–Crippen LogP) is 4.26. The van der Waals surface area contributed by atoms with E-state index < -0.39 is 15.5 Å². The summed E-state index contributed by atoms with van der Waals surface area (Å²) in [6.07, 6.45) is 0. The third-order valence-electron chi connectivity index (χ3n) is 2.71. The van der Waals surface area contributed by atoms with Crippen LogP contribution in [-0.4, -0.2) is 9.85 Å². The molecule has 0 heterocycles. The van der Waals surface area contributed by atoms with Crippen LogP contribution < -0.4 is 4.74 Å². The molecule has 2 aromatic rings. The molecule has 108 valence electrons.